The average molecular weight is 256 g/mol. The van der Waals surface area contributed by atoms with Crippen LogP contribution in [0.1, 0.15) is 18.3 Å². The number of pyridine rings is 1. The van der Waals surface area contributed by atoms with Gasteiger partial charge >= 0.3 is 0 Å². The van der Waals surface area contributed by atoms with Crippen molar-refractivity contribution in [2.75, 3.05) is 0 Å². The number of ether oxygens (including phenoxy) is 1. The minimum absolute atomic E-state index is 0.285. The molecule has 2 aromatic heterocycles. The Balaban J connectivity index is 2.31. The van der Waals surface area contributed by atoms with Gasteiger partial charge in [-0.15, -0.1) is 4.37 Å². The van der Waals surface area contributed by atoms with Gasteiger partial charge in [0.2, 0.25) is 5.15 Å². The fourth-order valence-electron chi connectivity index (χ4n) is 1.28. The van der Waals surface area contributed by atoms with Crippen LogP contribution in [0.3, 0.4) is 0 Å². The van der Waals surface area contributed by atoms with Crippen molar-refractivity contribution in [3.63, 3.8) is 0 Å². The Morgan fingerprint density at radius 2 is 2.19 bits per heavy atom. The molecule has 0 N–H and O–H groups in total. The summed E-state index contributed by atoms with van der Waals surface area (Å²) in [5.74, 6) is 1.02. The molecule has 0 aliphatic heterocycles. The number of aryl methyl sites for hydroxylation is 2. The van der Waals surface area contributed by atoms with Crippen LogP contribution in [-0.4, -0.2) is 13.7 Å². The Morgan fingerprint density at radius 1 is 1.38 bits per heavy atom. The molecule has 0 amide bonds. The largest absolute Gasteiger partial charge is 0.434 e. The number of hydrogen-bond donors (Lipinski definition) is 0. The maximum Gasteiger partial charge on any atom is 0.270 e. The summed E-state index contributed by atoms with van der Waals surface area (Å²) < 4.78 is 13.4. The summed E-state index contributed by atoms with van der Waals surface area (Å²) >= 11 is 6.83. The number of halogens is 1. The van der Waals surface area contributed by atoms with Gasteiger partial charge in [-0.3, -0.25) is 4.98 Å². The zero-order valence-corrected chi connectivity index (χ0v) is 10.5. The van der Waals surface area contributed by atoms with Gasteiger partial charge in [-0.1, -0.05) is 18.5 Å². The Kier molecular flexibility index (Phi) is 3.36. The SMILES string of the molecule is CCc1nc(C)ccc1Oc1nsnc1Cl. The summed E-state index contributed by atoms with van der Waals surface area (Å²) in [5.41, 5.74) is 1.86. The fraction of sp³-hybridized carbons (Fsp3) is 0.300. The molecular weight excluding hydrogens is 246 g/mol. The maximum atomic E-state index is 5.81. The predicted octanol–water partition coefficient (Wildman–Crippen LogP) is 3.25. The van der Waals surface area contributed by atoms with Crippen molar-refractivity contribution in [3.8, 4) is 11.6 Å². The minimum atomic E-state index is 0.285. The first kappa shape index (κ1) is 11.3. The zero-order chi connectivity index (χ0) is 11.5. The molecule has 0 saturated carbocycles. The van der Waals surface area contributed by atoms with E-state index < -0.39 is 0 Å². The molecule has 0 aliphatic carbocycles. The summed E-state index contributed by atoms with van der Waals surface area (Å²) in [7, 11) is 0. The molecule has 16 heavy (non-hydrogen) atoms. The van der Waals surface area contributed by atoms with E-state index in [4.69, 9.17) is 16.3 Å². The van der Waals surface area contributed by atoms with Crippen molar-refractivity contribution in [2.45, 2.75) is 20.3 Å². The standard InChI is InChI=1S/C10H10ClN3OS/c1-3-7-8(5-4-6(2)12-7)15-10-9(11)13-16-14-10/h4-5H,3H2,1-2H3. The molecule has 84 valence electrons. The average Bonchev–Trinajstić information content (AvgIpc) is 2.67. The summed E-state index contributed by atoms with van der Waals surface area (Å²) in [5, 5.41) is 0.285. The van der Waals surface area contributed by atoms with Crippen LogP contribution in [0.5, 0.6) is 11.6 Å². The zero-order valence-electron chi connectivity index (χ0n) is 8.90. The quantitative estimate of drug-likeness (QED) is 0.845. The van der Waals surface area contributed by atoms with Crippen LogP contribution in [-0.2, 0) is 6.42 Å². The molecule has 0 bridgehead atoms. The van der Waals surface area contributed by atoms with E-state index in [9.17, 15) is 0 Å². The molecular formula is C10H10ClN3OS. The van der Waals surface area contributed by atoms with Crippen LogP contribution < -0.4 is 4.74 Å². The lowest BCUT2D eigenvalue weighted by Crippen LogP contribution is -1.95. The number of hydrogen-bond acceptors (Lipinski definition) is 5. The molecule has 2 rings (SSSR count). The highest BCUT2D eigenvalue weighted by Crippen LogP contribution is 2.28. The Hall–Kier alpha value is -1.20. The normalized spacial score (nSPS) is 10.4. The first-order valence-electron chi connectivity index (χ1n) is 4.83. The lowest BCUT2D eigenvalue weighted by molar-refractivity contribution is 0.459. The molecule has 0 fully saturated rings. The van der Waals surface area contributed by atoms with E-state index in [1.54, 1.807) is 0 Å². The van der Waals surface area contributed by atoms with E-state index in [2.05, 4.69) is 13.7 Å². The number of nitrogens with zero attached hydrogens (tertiary/aromatic N) is 3. The van der Waals surface area contributed by atoms with E-state index in [1.807, 2.05) is 26.0 Å². The number of rotatable bonds is 3. The third kappa shape index (κ3) is 2.31. The summed E-state index contributed by atoms with van der Waals surface area (Å²) in [6.45, 7) is 3.97. The highest BCUT2D eigenvalue weighted by molar-refractivity contribution is 6.99. The topological polar surface area (TPSA) is 47.9 Å². The molecule has 0 atom stereocenters. The predicted molar refractivity (Wildman–Crippen MR) is 63.3 cm³/mol. The second-order valence-corrected chi connectivity index (χ2v) is 4.10. The first-order valence-corrected chi connectivity index (χ1v) is 5.94. The smallest absolute Gasteiger partial charge is 0.270 e. The third-order valence-electron chi connectivity index (χ3n) is 2.03. The summed E-state index contributed by atoms with van der Waals surface area (Å²) in [6.07, 6.45) is 0.798. The van der Waals surface area contributed by atoms with Crippen LogP contribution in [0.2, 0.25) is 5.15 Å². The van der Waals surface area contributed by atoms with Crippen LogP contribution in [0.15, 0.2) is 12.1 Å². The highest BCUT2D eigenvalue weighted by Gasteiger charge is 2.11. The van der Waals surface area contributed by atoms with Gasteiger partial charge in [0.1, 0.15) is 0 Å². The molecule has 0 radical (unpaired) electrons. The molecule has 6 heteroatoms. The van der Waals surface area contributed by atoms with Crippen molar-refractivity contribution < 1.29 is 4.74 Å². The molecule has 4 nitrogen and oxygen atoms in total. The van der Waals surface area contributed by atoms with Crippen molar-refractivity contribution in [2.24, 2.45) is 0 Å². The third-order valence-corrected chi connectivity index (χ3v) is 2.89. The Labute approximate surface area is 103 Å². The van der Waals surface area contributed by atoms with Gasteiger partial charge < -0.3 is 4.74 Å². The van der Waals surface area contributed by atoms with Gasteiger partial charge in [-0.25, -0.2) is 0 Å². The molecule has 0 saturated heterocycles. The maximum absolute atomic E-state index is 5.81. The second kappa shape index (κ2) is 4.76. The minimum Gasteiger partial charge on any atom is -0.434 e. The Bertz CT molecular complexity index is 501. The van der Waals surface area contributed by atoms with Crippen LogP contribution in [0, 0.1) is 6.92 Å². The van der Waals surface area contributed by atoms with E-state index in [0.29, 0.717) is 11.6 Å². The van der Waals surface area contributed by atoms with Crippen LogP contribution in [0.25, 0.3) is 0 Å². The molecule has 0 unspecified atom stereocenters. The van der Waals surface area contributed by atoms with Gasteiger partial charge in [0.15, 0.2) is 5.75 Å². The Morgan fingerprint density at radius 3 is 2.81 bits per heavy atom. The van der Waals surface area contributed by atoms with Crippen LogP contribution in [0.4, 0.5) is 0 Å². The highest BCUT2D eigenvalue weighted by atomic mass is 35.5. The van der Waals surface area contributed by atoms with Gasteiger partial charge in [0.25, 0.3) is 5.88 Å². The van der Waals surface area contributed by atoms with Crippen molar-refractivity contribution in [1.82, 2.24) is 13.7 Å². The fourth-order valence-corrected chi connectivity index (χ4v) is 1.89. The molecule has 2 heterocycles. The van der Waals surface area contributed by atoms with E-state index in [1.165, 1.54) is 0 Å². The van der Waals surface area contributed by atoms with E-state index >= 15 is 0 Å². The molecule has 2 aromatic rings. The number of aromatic nitrogens is 3. The summed E-state index contributed by atoms with van der Waals surface area (Å²) in [4.78, 5) is 4.39. The van der Waals surface area contributed by atoms with Gasteiger partial charge in [-0.2, -0.15) is 4.37 Å². The van der Waals surface area contributed by atoms with Crippen molar-refractivity contribution >= 4 is 23.3 Å². The summed E-state index contributed by atoms with van der Waals surface area (Å²) in [6, 6.07) is 3.76. The van der Waals surface area contributed by atoms with Gasteiger partial charge in [0.05, 0.1) is 17.4 Å². The second-order valence-electron chi connectivity index (χ2n) is 3.21. The van der Waals surface area contributed by atoms with Gasteiger partial charge in [0, 0.05) is 5.69 Å². The molecule has 0 spiro atoms. The van der Waals surface area contributed by atoms with Crippen molar-refractivity contribution in [3.05, 3.63) is 28.7 Å². The molecule has 0 aromatic carbocycles. The molecule has 0 aliphatic rings. The van der Waals surface area contributed by atoms with E-state index in [-0.39, 0.29) is 5.15 Å². The van der Waals surface area contributed by atoms with E-state index in [0.717, 1.165) is 29.5 Å². The lowest BCUT2D eigenvalue weighted by atomic mass is 10.2. The first-order chi connectivity index (χ1) is 7.70. The van der Waals surface area contributed by atoms with Crippen LogP contribution >= 0.6 is 23.3 Å². The lowest BCUT2D eigenvalue weighted by Gasteiger charge is -2.07. The van der Waals surface area contributed by atoms with Crippen molar-refractivity contribution in [1.29, 1.82) is 0 Å². The monoisotopic (exact) mass is 255 g/mol. The van der Waals surface area contributed by atoms with Gasteiger partial charge in [-0.05, 0) is 25.5 Å².